The monoisotopic (exact) mass is 378 g/mol. The number of fused-ring (bicyclic) bond motifs is 3. The van der Waals surface area contributed by atoms with Crippen molar-refractivity contribution in [2.24, 2.45) is 5.18 Å². The number of hydrogen-bond donors (Lipinski definition) is 2. The van der Waals surface area contributed by atoms with Gasteiger partial charge in [0.05, 0.1) is 6.10 Å². The summed E-state index contributed by atoms with van der Waals surface area (Å²) in [5.41, 5.74) is 3.53. The molecule has 27 heavy (non-hydrogen) atoms. The number of thiophene rings is 1. The highest BCUT2D eigenvalue weighted by molar-refractivity contribution is 7.19. The van der Waals surface area contributed by atoms with Gasteiger partial charge in [-0.25, -0.2) is 0 Å². The number of nitroso groups, excluding NO2 is 1. The third-order valence-corrected chi connectivity index (χ3v) is 6.12. The summed E-state index contributed by atoms with van der Waals surface area (Å²) in [6, 6.07) is 13.2. The molecule has 1 atom stereocenters. The van der Waals surface area contributed by atoms with Gasteiger partial charge in [-0.1, -0.05) is 31.2 Å². The van der Waals surface area contributed by atoms with Crippen LogP contribution in [0.25, 0.3) is 32.1 Å². The van der Waals surface area contributed by atoms with Crippen molar-refractivity contribution >= 4 is 38.0 Å². The van der Waals surface area contributed by atoms with Crippen LogP contribution in [0.3, 0.4) is 0 Å². The number of aryl methyl sites for hydroxylation is 1. The maximum Gasteiger partial charge on any atom is 0.266 e. The summed E-state index contributed by atoms with van der Waals surface area (Å²) in [5, 5.41) is 14.7. The third-order valence-electron chi connectivity index (χ3n) is 4.82. The van der Waals surface area contributed by atoms with Crippen molar-refractivity contribution in [1.29, 1.82) is 0 Å². The molecule has 0 aliphatic rings. The Balaban J connectivity index is 2.15. The number of nitrogens with zero attached hydrogens (tertiary/aromatic N) is 1. The lowest BCUT2D eigenvalue weighted by Gasteiger charge is -2.11. The van der Waals surface area contributed by atoms with Gasteiger partial charge in [0.1, 0.15) is 10.4 Å². The fraction of sp³-hybridized carbons (Fsp3) is 0.190. The standard InChI is InChI=1S/C21H18N2O3S/c1-3-12-4-6-13(7-5-12)18-16(23-26)9-8-15-19(18)14-10-17(11(2)24)27-20(14)21(25)22-15/h4-11,24H,3H2,1-2H3,(H,22,25). The predicted octanol–water partition coefficient (Wildman–Crippen LogP) is 5.42. The first-order chi connectivity index (χ1) is 13.0. The molecule has 6 heteroatoms. The van der Waals surface area contributed by atoms with E-state index in [4.69, 9.17) is 0 Å². The van der Waals surface area contributed by atoms with Crippen LogP contribution in [0.2, 0.25) is 0 Å². The largest absolute Gasteiger partial charge is 0.388 e. The summed E-state index contributed by atoms with van der Waals surface area (Å²) in [4.78, 5) is 27.6. The van der Waals surface area contributed by atoms with Crippen molar-refractivity contribution < 1.29 is 5.11 Å². The van der Waals surface area contributed by atoms with Gasteiger partial charge in [-0.2, -0.15) is 0 Å². The van der Waals surface area contributed by atoms with Crippen molar-refractivity contribution in [3.05, 3.63) is 68.2 Å². The number of aromatic nitrogens is 1. The Bertz CT molecular complexity index is 1220. The zero-order chi connectivity index (χ0) is 19.1. The highest BCUT2D eigenvalue weighted by Gasteiger charge is 2.18. The molecular weight excluding hydrogens is 360 g/mol. The van der Waals surface area contributed by atoms with E-state index in [2.05, 4.69) is 17.1 Å². The van der Waals surface area contributed by atoms with Crippen LogP contribution in [0.15, 0.2) is 52.4 Å². The zero-order valence-corrected chi connectivity index (χ0v) is 15.8. The molecule has 0 fully saturated rings. The molecule has 2 aromatic carbocycles. The van der Waals surface area contributed by atoms with Gasteiger partial charge >= 0.3 is 0 Å². The molecule has 0 saturated heterocycles. The van der Waals surface area contributed by atoms with Crippen LogP contribution in [0.5, 0.6) is 0 Å². The van der Waals surface area contributed by atoms with Crippen LogP contribution in [-0.2, 0) is 6.42 Å². The molecule has 2 aromatic heterocycles. The second-order valence-corrected chi connectivity index (χ2v) is 7.63. The lowest BCUT2D eigenvalue weighted by atomic mass is 9.95. The minimum atomic E-state index is -0.670. The molecule has 0 spiro atoms. The highest BCUT2D eigenvalue weighted by Crippen LogP contribution is 2.41. The van der Waals surface area contributed by atoms with E-state index >= 15 is 0 Å². The first-order valence-corrected chi connectivity index (χ1v) is 9.58. The lowest BCUT2D eigenvalue weighted by molar-refractivity contribution is 0.203. The lowest BCUT2D eigenvalue weighted by Crippen LogP contribution is -2.04. The van der Waals surface area contributed by atoms with Crippen LogP contribution >= 0.6 is 11.3 Å². The van der Waals surface area contributed by atoms with Crippen molar-refractivity contribution in [2.45, 2.75) is 26.4 Å². The molecule has 0 aliphatic heterocycles. The van der Waals surface area contributed by atoms with Gasteiger partial charge < -0.3 is 10.1 Å². The number of H-pyrrole nitrogens is 1. The van der Waals surface area contributed by atoms with Crippen LogP contribution in [0, 0.1) is 4.91 Å². The van der Waals surface area contributed by atoms with Gasteiger partial charge in [0.15, 0.2) is 0 Å². The molecule has 1 unspecified atom stereocenters. The van der Waals surface area contributed by atoms with Crippen LogP contribution in [0.1, 0.15) is 30.4 Å². The molecule has 0 saturated carbocycles. The molecule has 2 N–H and O–H groups in total. The summed E-state index contributed by atoms with van der Waals surface area (Å²) in [7, 11) is 0. The number of aliphatic hydroxyl groups is 1. The molecular formula is C21H18N2O3S. The number of rotatable bonds is 4. The van der Waals surface area contributed by atoms with Gasteiger partial charge in [-0.3, -0.25) is 4.79 Å². The Kier molecular flexibility index (Phi) is 4.37. The summed E-state index contributed by atoms with van der Waals surface area (Å²) >= 11 is 1.27. The first kappa shape index (κ1) is 17.6. The predicted molar refractivity (Wildman–Crippen MR) is 111 cm³/mol. The molecule has 0 amide bonds. The van der Waals surface area contributed by atoms with Gasteiger partial charge in [-0.15, -0.1) is 16.2 Å². The van der Waals surface area contributed by atoms with Crippen LogP contribution in [-0.4, -0.2) is 10.1 Å². The number of aliphatic hydroxyl groups excluding tert-OH is 1. The number of aromatic amines is 1. The Morgan fingerprint density at radius 2 is 1.93 bits per heavy atom. The molecule has 0 bridgehead atoms. The smallest absolute Gasteiger partial charge is 0.266 e. The van der Waals surface area contributed by atoms with E-state index in [0.717, 1.165) is 22.8 Å². The quantitative estimate of drug-likeness (QED) is 0.465. The van der Waals surface area contributed by atoms with E-state index in [0.29, 0.717) is 26.3 Å². The third kappa shape index (κ3) is 2.87. The van der Waals surface area contributed by atoms with Crippen LogP contribution < -0.4 is 5.56 Å². The first-order valence-electron chi connectivity index (χ1n) is 8.76. The molecule has 4 rings (SSSR count). The fourth-order valence-electron chi connectivity index (χ4n) is 3.40. The van der Waals surface area contributed by atoms with Gasteiger partial charge in [0.25, 0.3) is 5.56 Å². The minimum absolute atomic E-state index is 0.200. The fourth-order valence-corrected chi connectivity index (χ4v) is 4.40. The summed E-state index contributed by atoms with van der Waals surface area (Å²) in [5.74, 6) is 0. The summed E-state index contributed by atoms with van der Waals surface area (Å²) < 4.78 is 0.535. The van der Waals surface area contributed by atoms with Gasteiger partial charge in [0, 0.05) is 26.7 Å². The number of pyridine rings is 1. The molecule has 0 aliphatic carbocycles. The van der Waals surface area contributed by atoms with E-state index in [-0.39, 0.29) is 5.56 Å². The van der Waals surface area contributed by atoms with E-state index in [1.807, 2.05) is 30.3 Å². The molecule has 2 heterocycles. The van der Waals surface area contributed by atoms with E-state index in [1.165, 1.54) is 16.9 Å². The maximum absolute atomic E-state index is 12.5. The summed E-state index contributed by atoms with van der Waals surface area (Å²) in [6.45, 7) is 3.76. The Hall–Kier alpha value is -2.83. The maximum atomic E-state index is 12.5. The zero-order valence-electron chi connectivity index (χ0n) is 14.9. The number of hydrogen-bond acceptors (Lipinski definition) is 5. The average Bonchev–Trinajstić information content (AvgIpc) is 3.14. The average molecular weight is 378 g/mol. The Morgan fingerprint density at radius 1 is 1.19 bits per heavy atom. The minimum Gasteiger partial charge on any atom is -0.388 e. The van der Waals surface area contributed by atoms with Crippen molar-refractivity contribution in [3.63, 3.8) is 0 Å². The van der Waals surface area contributed by atoms with E-state index in [1.54, 1.807) is 19.1 Å². The topological polar surface area (TPSA) is 82.5 Å². The molecule has 5 nitrogen and oxygen atoms in total. The second kappa shape index (κ2) is 6.72. The highest BCUT2D eigenvalue weighted by atomic mass is 32.1. The Labute approximate surface area is 159 Å². The van der Waals surface area contributed by atoms with Gasteiger partial charge in [-0.05, 0) is 47.8 Å². The summed E-state index contributed by atoms with van der Waals surface area (Å²) in [6.07, 6.45) is 0.255. The van der Waals surface area contributed by atoms with Crippen molar-refractivity contribution in [2.75, 3.05) is 0 Å². The van der Waals surface area contributed by atoms with Crippen LogP contribution in [0.4, 0.5) is 5.69 Å². The number of benzene rings is 2. The second-order valence-electron chi connectivity index (χ2n) is 6.55. The van der Waals surface area contributed by atoms with Gasteiger partial charge in [0.2, 0.25) is 0 Å². The van der Waals surface area contributed by atoms with E-state index in [9.17, 15) is 14.8 Å². The van der Waals surface area contributed by atoms with Crippen molar-refractivity contribution in [3.8, 4) is 11.1 Å². The molecule has 136 valence electrons. The normalized spacial score (nSPS) is 12.6. The van der Waals surface area contributed by atoms with E-state index < -0.39 is 6.10 Å². The molecule has 0 radical (unpaired) electrons. The molecule has 4 aromatic rings. The Morgan fingerprint density at radius 3 is 2.56 bits per heavy atom. The van der Waals surface area contributed by atoms with Crippen molar-refractivity contribution in [1.82, 2.24) is 4.98 Å². The number of nitrogens with one attached hydrogen (secondary N) is 1. The SMILES string of the molecule is CCc1ccc(-c2c(N=O)ccc3[nH]c(=O)c4sc(C(C)O)cc4c23)cc1.